The van der Waals surface area contributed by atoms with E-state index in [-0.39, 0.29) is 55.5 Å². The number of ether oxygens (including phenoxy) is 2. The number of imidazole rings is 1. The molecule has 75 heavy (non-hydrogen) atoms. The minimum Gasteiger partial charge on any atom is -0.445 e. The Morgan fingerprint density at radius 3 is 2.32 bits per heavy atom. The first-order valence-electron chi connectivity index (χ1n) is 25.3. The molecule has 2 fully saturated rings. The zero-order valence-electron chi connectivity index (χ0n) is 44.1. The second kappa shape index (κ2) is 26.3. The second-order valence-corrected chi connectivity index (χ2v) is 22.6. The lowest BCUT2D eigenvalue weighted by atomic mass is 9.83. The molecule has 23 nitrogen and oxygen atoms in total. The highest BCUT2D eigenvalue weighted by atomic mass is 127. The van der Waals surface area contributed by atoms with E-state index in [1.807, 2.05) is 20.8 Å². The molecule has 24 heteroatoms. The number of nitrogens with zero attached hydrogens (tertiary/aromatic N) is 4. The number of carbonyl (C=O) groups is 7. The van der Waals surface area contributed by atoms with Crippen LogP contribution in [0.15, 0.2) is 42.7 Å². The van der Waals surface area contributed by atoms with Gasteiger partial charge in [-0.25, -0.2) is 19.7 Å². The molecular weight excluding hydrogens is 1090 g/mol. The van der Waals surface area contributed by atoms with E-state index >= 15 is 0 Å². The fraction of sp³-hybridized carbons (Fsp3) is 0.608. The number of halogens is 1. The zero-order valence-corrected chi connectivity index (χ0v) is 46.3. The van der Waals surface area contributed by atoms with E-state index in [1.54, 1.807) is 38.1 Å². The topological polar surface area (TPSA) is 329 Å². The van der Waals surface area contributed by atoms with E-state index < -0.39 is 93.9 Å². The van der Waals surface area contributed by atoms with Crippen LogP contribution in [0.2, 0.25) is 0 Å². The molecule has 10 N–H and O–H groups in total. The van der Waals surface area contributed by atoms with Crippen molar-refractivity contribution >= 4 is 86.8 Å². The fourth-order valence-electron chi connectivity index (χ4n) is 9.06. The maximum Gasteiger partial charge on any atom is 0.408 e. The van der Waals surface area contributed by atoms with Crippen molar-refractivity contribution in [3.05, 3.63) is 54.1 Å². The highest BCUT2D eigenvalue weighted by Gasteiger charge is 2.50. The summed E-state index contributed by atoms with van der Waals surface area (Å²) in [5.74, 6) is -2.97. The number of likely N-dealkylation sites (tertiary alicyclic amines) is 1. The Balaban J connectivity index is 1.06. The van der Waals surface area contributed by atoms with E-state index in [1.165, 1.54) is 27.1 Å². The summed E-state index contributed by atoms with van der Waals surface area (Å²) in [7, 11) is 0. The Morgan fingerprint density at radius 2 is 1.69 bits per heavy atom. The quantitative estimate of drug-likeness (QED) is 0.0251. The van der Waals surface area contributed by atoms with Gasteiger partial charge in [-0.1, -0.05) is 87.8 Å². The standard InChI is InChI=1S/C51H74IN11O12/c1-11-13-28(7)41-58-38-42(60-41)53-25-54-43(38)61-46-40(68)39(67)37(33(23-64)75-46)59-48(72)50(9,10)62-49(73)74-24-30-14-16-31(17-15-30)56-44(69)29(8)55-45(70)36(27(5)6)57-34(65)18-20-63-35(66)21-32(47(63)71)51(52,19-12-2)22-26(3)4/h14-17,25,27-29,32-33,36-37,39-40,46,64,67-68H,3,11-13,18-24H2,1-2,4-10H3,(H,55,70)(H,56,69)(H,57,65)(H,59,72)(H,62,73)(H2,53,54,58,60,61)/t28?,29-,32?,33-,36-,37-,39+,40-,46-,51?/m0/s1. The number of allylic oxidation sites excluding steroid dienone is 1. The third-order valence-corrected chi connectivity index (χ3v) is 15.0. The number of fused-ring (bicyclic) bond motifs is 1. The molecule has 1 aromatic carbocycles. The summed E-state index contributed by atoms with van der Waals surface area (Å²) in [6, 6.07) is 2.93. The van der Waals surface area contributed by atoms with Gasteiger partial charge in [0.25, 0.3) is 0 Å². The van der Waals surface area contributed by atoms with Gasteiger partial charge in [-0.2, -0.15) is 0 Å². The number of hydrogen-bond acceptors (Lipinski definition) is 16. The predicted molar refractivity (Wildman–Crippen MR) is 286 cm³/mol. The molecular formula is C51H74IN11O12. The van der Waals surface area contributed by atoms with Gasteiger partial charge in [0.2, 0.25) is 35.4 Å². The van der Waals surface area contributed by atoms with E-state index in [0.717, 1.165) is 36.2 Å². The Bertz CT molecular complexity index is 2540. The molecule has 412 valence electrons. The Kier molecular flexibility index (Phi) is 21.0. The van der Waals surface area contributed by atoms with E-state index in [4.69, 9.17) is 9.47 Å². The molecule has 2 aliphatic heterocycles. The number of carbonyl (C=O) groups excluding carboxylic acids is 7. The fourth-order valence-corrected chi connectivity index (χ4v) is 10.7. The van der Waals surface area contributed by atoms with Crippen molar-refractivity contribution in [1.29, 1.82) is 0 Å². The van der Waals surface area contributed by atoms with Crippen LogP contribution >= 0.6 is 22.6 Å². The van der Waals surface area contributed by atoms with Crippen molar-refractivity contribution < 1.29 is 58.4 Å². The summed E-state index contributed by atoms with van der Waals surface area (Å²) in [4.78, 5) is 110. The van der Waals surface area contributed by atoms with Gasteiger partial charge in [-0.15, -0.1) is 6.58 Å². The number of hydrogen-bond donors (Lipinski definition) is 10. The molecule has 7 amide bonds. The van der Waals surface area contributed by atoms with Gasteiger partial charge in [0.1, 0.15) is 60.2 Å². The molecule has 10 atom stereocenters. The summed E-state index contributed by atoms with van der Waals surface area (Å²) in [6.45, 7) is 18.7. The van der Waals surface area contributed by atoms with Crippen LogP contribution in [0, 0.1) is 11.8 Å². The van der Waals surface area contributed by atoms with E-state index in [9.17, 15) is 48.9 Å². The number of aliphatic hydroxyl groups is 3. The van der Waals surface area contributed by atoms with Crippen LogP contribution < -0.4 is 31.9 Å². The lowest BCUT2D eigenvalue weighted by Gasteiger charge is -2.43. The third kappa shape index (κ3) is 15.4. The minimum absolute atomic E-state index is 0.0617. The number of H-pyrrole nitrogens is 1. The Hall–Kier alpha value is -5.83. The maximum absolute atomic E-state index is 13.5. The van der Waals surface area contributed by atoms with Crippen LogP contribution in [0.25, 0.3) is 11.2 Å². The number of alkyl halides is 1. The highest BCUT2D eigenvalue weighted by molar-refractivity contribution is 14.1. The molecule has 2 saturated heterocycles. The molecule has 0 bridgehead atoms. The Morgan fingerprint density at radius 1 is 1.00 bits per heavy atom. The number of rotatable bonds is 25. The van der Waals surface area contributed by atoms with Crippen LogP contribution in [-0.2, 0) is 44.8 Å². The highest BCUT2D eigenvalue weighted by Crippen LogP contribution is 2.44. The number of imide groups is 1. The van der Waals surface area contributed by atoms with Crippen LogP contribution in [0.1, 0.15) is 125 Å². The van der Waals surface area contributed by atoms with Gasteiger partial charge in [0, 0.05) is 34.4 Å². The Labute approximate surface area is 450 Å². The summed E-state index contributed by atoms with van der Waals surface area (Å²) in [5, 5.41) is 48.6. The van der Waals surface area contributed by atoms with Gasteiger partial charge in [0.15, 0.2) is 17.7 Å². The van der Waals surface area contributed by atoms with Crippen molar-refractivity contribution in [3.8, 4) is 0 Å². The number of aliphatic hydroxyl groups excluding tert-OH is 3. The van der Waals surface area contributed by atoms with Crippen molar-refractivity contribution in [2.24, 2.45) is 11.8 Å². The molecule has 2 aliphatic rings. The third-order valence-electron chi connectivity index (χ3n) is 13.3. The summed E-state index contributed by atoms with van der Waals surface area (Å²) in [6.07, 6.45) is -1.55. The van der Waals surface area contributed by atoms with Gasteiger partial charge >= 0.3 is 6.09 Å². The van der Waals surface area contributed by atoms with Crippen LogP contribution in [-0.4, -0.2) is 146 Å². The van der Waals surface area contributed by atoms with Crippen LogP contribution in [0.4, 0.5) is 16.3 Å². The molecule has 2 aromatic heterocycles. The smallest absolute Gasteiger partial charge is 0.408 e. The van der Waals surface area contributed by atoms with Gasteiger partial charge in [-0.3, -0.25) is 33.7 Å². The average Bonchev–Trinajstić information content (AvgIpc) is 3.92. The maximum atomic E-state index is 13.5. The molecule has 3 unspecified atom stereocenters. The number of benzene rings is 1. The van der Waals surface area contributed by atoms with Crippen LogP contribution in [0.3, 0.4) is 0 Å². The first-order chi connectivity index (χ1) is 35.3. The number of alkyl carbamates (subject to hydrolysis) is 1. The first-order valence-corrected chi connectivity index (χ1v) is 26.4. The SMILES string of the molecule is C=C(C)CC(I)(CCC)C1CC(=O)N(CCC(=O)N[C@H](C(=O)N[C@@H](C)C(=O)Nc2ccc(COC(=O)NC(C)(C)C(=O)N[C@@H]3[C@@H](O)[C@H](O)[C@@H](Nc4ncnc5nc(C(C)CCC)[nH]c45)O[C@H]3CO)cc2)C(C)C)C1=O. The molecule has 3 aromatic rings. The molecule has 4 heterocycles. The first kappa shape index (κ1) is 60.0. The second-order valence-electron chi connectivity index (χ2n) is 20.5. The van der Waals surface area contributed by atoms with Crippen molar-refractivity contribution in [3.63, 3.8) is 0 Å². The van der Waals surface area contributed by atoms with Crippen LogP contribution in [0.5, 0.6) is 0 Å². The van der Waals surface area contributed by atoms with Gasteiger partial charge < -0.3 is 61.7 Å². The minimum atomic E-state index is -1.64. The van der Waals surface area contributed by atoms with E-state index in [2.05, 4.69) is 87.9 Å². The monoisotopic (exact) mass is 1160 g/mol. The number of anilines is 2. The lowest BCUT2D eigenvalue weighted by Crippen LogP contribution is -2.68. The number of aromatic nitrogens is 4. The normalized spacial score (nSPS) is 21.9. The molecule has 0 saturated carbocycles. The van der Waals surface area contributed by atoms with Gasteiger partial charge in [-0.05, 0) is 70.6 Å². The summed E-state index contributed by atoms with van der Waals surface area (Å²) >= 11 is 2.28. The number of amides is 7. The number of aromatic amines is 1. The summed E-state index contributed by atoms with van der Waals surface area (Å²) < 4.78 is 10.8. The van der Waals surface area contributed by atoms with Crippen molar-refractivity contribution in [2.45, 2.75) is 171 Å². The lowest BCUT2D eigenvalue weighted by molar-refractivity contribution is -0.186. The van der Waals surface area contributed by atoms with Crippen molar-refractivity contribution in [1.82, 2.24) is 46.1 Å². The van der Waals surface area contributed by atoms with Gasteiger partial charge in [0.05, 0.1) is 18.6 Å². The van der Waals surface area contributed by atoms with E-state index in [0.29, 0.717) is 34.7 Å². The molecule has 0 aliphatic carbocycles. The largest absolute Gasteiger partial charge is 0.445 e. The molecule has 5 rings (SSSR count). The average molecular weight is 1160 g/mol. The zero-order chi connectivity index (χ0) is 55.5. The van der Waals surface area contributed by atoms with Crippen molar-refractivity contribution in [2.75, 3.05) is 23.8 Å². The molecule has 0 radical (unpaired) electrons. The predicted octanol–water partition coefficient (Wildman–Crippen LogP) is 3.59. The summed E-state index contributed by atoms with van der Waals surface area (Å²) in [5.41, 5.74) is 1.02. The number of nitrogens with one attached hydrogen (secondary N) is 7. The molecule has 0 spiro atoms.